The summed E-state index contributed by atoms with van der Waals surface area (Å²) < 4.78 is 1.76. The van der Waals surface area contributed by atoms with Crippen LogP contribution in [0.15, 0.2) is 47.4 Å². The number of hydrogen-bond donors (Lipinski definition) is 1. The van der Waals surface area contributed by atoms with Crippen LogP contribution in [0.5, 0.6) is 0 Å². The monoisotopic (exact) mass is 462 g/mol. The Labute approximate surface area is 200 Å². The van der Waals surface area contributed by atoms with Gasteiger partial charge in [-0.15, -0.1) is 0 Å². The smallest absolute Gasteiger partial charge is 0.252 e. The molecule has 0 saturated carbocycles. The normalized spacial score (nSPS) is 16.8. The minimum Gasteiger partial charge on any atom is -0.348 e. The van der Waals surface area contributed by atoms with Crippen LogP contribution in [0.4, 0.5) is 5.95 Å². The summed E-state index contributed by atoms with van der Waals surface area (Å²) in [6, 6.07) is 11.8. The quantitative estimate of drug-likeness (QED) is 0.579. The Morgan fingerprint density at radius 1 is 1.00 bits per heavy atom. The summed E-state index contributed by atoms with van der Waals surface area (Å²) in [5.41, 5.74) is 2.89. The van der Waals surface area contributed by atoms with Gasteiger partial charge in [0.1, 0.15) is 5.65 Å². The average Bonchev–Trinajstić information content (AvgIpc) is 2.81. The molecule has 1 N–H and O–H groups in total. The highest BCUT2D eigenvalue weighted by Gasteiger charge is 2.21. The van der Waals surface area contributed by atoms with Crippen LogP contribution in [0, 0.1) is 5.92 Å². The van der Waals surface area contributed by atoms with E-state index in [4.69, 9.17) is 4.98 Å². The summed E-state index contributed by atoms with van der Waals surface area (Å²) in [5, 5.41) is 4.22. The SMILES string of the molecule is CC(Nc1ncc2ccc(=O)n([C@@H](C)C(C)C)c2n1)c1ccc(CN2CCN(C)C(=O)C2)cc1. The second-order valence-electron chi connectivity index (χ2n) is 9.63. The minimum atomic E-state index is -0.0518. The highest BCUT2D eigenvalue weighted by molar-refractivity contribution is 5.78. The Bertz CT molecular complexity index is 1220. The predicted octanol–water partition coefficient (Wildman–Crippen LogP) is 3.46. The average molecular weight is 463 g/mol. The van der Waals surface area contributed by atoms with E-state index in [-0.39, 0.29) is 23.6 Å². The van der Waals surface area contributed by atoms with Crippen molar-refractivity contribution in [3.63, 3.8) is 0 Å². The fourth-order valence-corrected chi connectivity index (χ4v) is 4.19. The predicted molar refractivity (Wildman–Crippen MR) is 135 cm³/mol. The van der Waals surface area contributed by atoms with E-state index < -0.39 is 0 Å². The lowest BCUT2D eigenvalue weighted by Gasteiger charge is -2.31. The molecule has 2 atom stereocenters. The molecule has 1 aliphatic rings. The number of carbonyl (C=O) groups is 1. The molecule has 0 radical (unpaired) electrons. The van der Waals surface area contributed by atoms with E-state index in [0.717, 1.165) is 30.6 Å². The number of benzene rings is 1. The number of nitrogens with zero attached hydrogens (tertiary/aromatic N) is 5. The summed E-state index contributed by atoms with van der Waals surface area (Å²) in [4.78, 5) is 37.7. The molecule has 1 fully saturated rings. The zero-order chi connectivity index (χ0) is 24.4. The summed E-state index contributed by atoms with van der Waals surface area (Å²) in [7, 11) is 1.85. The van der Waals surface area contributed by atoms with Crippen LogP contribution >= 0.6 is 0 Å². The van der Waals surface area contributed by atoms with E-state index in [1.807, 2.05) is 14.0 Å². The zero-order valence-corrected chi connectivity index (χ0v) is 20.7. The first-order valence-electron chi connectivity index (χ1n) is 11.9. The summed E-state index contributed by atoms with van der Waals surface area (Å²) in [6.45, 7) is 11.2. The number of piperazine rings is 1. The van der Waals surface area contributed by atoms with Crippen molar-refractivity contribution < 1.29 is 4.79 Å². The van der Waals surface area contributed by atoms with Gasteiger partial charge in [-0.1, -0.05) is 38.1 Å². The van der Waals surface area contributed by atoms with E-state index >= 15 is 0 Å². The van der Waals surface area contributed by atoms with E-state index in [2.05, 4.69) is 60.2 Å². The first-order valence-corrected chi connectivity index (χ1v) is 11.9. The van der Waals surface area contributed by atoms with Crippen molar-refractivity contribution in [1.82, 2.24) is 24.3 Å². The third-order valence-electron chi connectivity index (χ3n) is 6.81. The number of nitrogens with one attached hydrogen (secondary N) is 1. The molecule has 8 heteroatoms. The van der Waals surface area contributed by atoms with E-state index in [1.54, 1.807) is 27.8 Å². The number of fused-ring (bicyclic) bond motifs is 1. The molecule has 180 valence electrons. The van der Waals surface area contributed by atoms with Crippen molar-refractivity contribution in [1.29, 1.82) is 0 Å². The fraction of sp³-hybridized carbons (Fsp3) is 0.462. The highest BCUT2D eigenvalue weighted by atomic mass is 16.2. The van der Waals surface area contributed by atoms with Crippen molar-refractivity contribution in [3.8, 4) is 0 Å². The van der Waals surface area contributed by atoms with E-state index in [9.17, 15) is 9.59 Å². The van der Waals surface area contributed by atoms with Gasteiger partial charge in [-0.2, -0.15) is 4.98 Å². The van der Waals surface area contributed by atoms with Crippen LogP contribution < -0.4 is 10.9 Å². The van der Waals surface area contributed by atoms with Gasteiger partial charge in [-0.05, 0) is 37.0 Å². The van der Waals surface area contributed by atoms with Crippen LogP contribution in [0.25, 0.3) is 11.0 Å². The van der Waals surface area contributed by atoms with Crippen LogP contribution in [0.1, 0.15) is 50.9 Å². The number of carbonyl (C=O) groups excluding carboxylic acids is 1. The lowest BCUT2D eigenvalue weighted by Crippen LogP contribution is -2.47. The Balaban J connectivity index is 1.48. The van der Waals surface area contributed by atoms with Gasteiger partial charge in [0.2, 0.25) is 11.9 Å². The number of pyridine rings is 1. The summed E-state index contributed by atoms with van der Waals surface area (Å²) >= 11 is 0. The van der Waals surface area contributed by atoms with Crippen molar-refractivity contribution in [2.75, 3.05) is 32.0 Å². The van der Waals surface area contributed by atoms with Gasteiger partial charge in [0, 0.05) is 50.4 Å². The molecule has 3 heterocycles. The Morgan fingerprint density at radius 3 is 2.41 bits per heavy atom. The van der Waals surface area contributed by atoms with Crippen LogP contribution in [-0.2, 0) is 11.3 Å². The molecular weight excluding hydrogens is 428 g/mol. The third-order valence-corrected chi connectivity index (χ3v) is 6.81. The highest BCUT2D eigenvalue weighted by Crippen LogP contribution is 2.22. The Kier molecular flexibility index (Phi) is 6.97. The first kappa shape index (κ1) is 23.9. The summed E-state index contributed by atoms with van der Waals surface area (Å²) in [6.07, 6.45) is 1.76. The molecule has 3 aromatic rings. The maximum absolute atomic E-state index is 12.6. The standard InChI is InChI=1S/C26H34N6O2/c1-17(2)19(4)32-23(33)11-10-22-14-27-26(29-25(22)32)28-18(3)21-8-6-20(7-9-21)15-31-13-12-30(5)24(34)16-31/h6-11,14,17-19H,12-13,15-16H2,1-5H3,(H,27,28,29)/t18?,19-/m0/s1. The number of anilines is 1. The third kappa shape index (κ3) is 5.12. The molecule has 0 bridgehead atoms. The van der Waals surface area contributed by atoms with Gasteiger partial charge >= 0.3 is 0 Å². The first-order chi connectivity index (χ1) is 16.2. The number of hydrogen-bond acceptors (Lipinski definition) is 6. The van der Waals surface area contributed by atoms with Crippen molar-refractivity contribution in [3.05, 3.63) is 64.1 Å². The molecule has 34 heavy (non-hydrogen) atoms. The minimum absolute atomic E-state index is 0.0110. The van der Waals surface area contributed by atoms with Crippen molar-refractivity contribution in [2.24, 2.45) is 5.92 Å². The second-order valence-corrected chi connectivity index (χ2v) is 9.63. The molecule has 0 aliphatic carbocycles. The number of amides is 1. The van der Waals surface area contributed by atoms with Crippen molar-refractivity contribution in [2.45, 2.75) is 46.3 Å². The van der Waals surface area contributed by atoms with Gasteiger partial charge in [0.15, 0.2) is 0 Å². The van der Waals surface area contributed by atoms with E-state index in [1.165, 1.54) is 5.56 Å². The molecule has 1 aromatic carbocycles. The topological polar surface area (TPSA) is 83.4 Å². The molecule has 1 unspecified atom stereocenters. The van der Waals surface area contributed by atoms with Crippen molar-refractivity contribution >= 4 is 22.9 Å². The summed E-state index contributed by atoms with van der Waals surface area (Å²) in [5.74, 6) is 0.968. The number of likely N-dealkylation sites (N-methyl/N-ethyl adjacent to an activating group) is 1. The van der Waals surface area contributed by atoms with Gasteiger partial charge in [0.05, 0.1) is 12.6 Å². The molecule has 8 nitrogen and oxygen atoms in total. The van der Waals surface area contributed by atoms with Gasteiger partial charge < -0.3 is 10.2 Å². The molecule has 4 rings (SSSR count). The van der Waals surface area contributed by atoms with E-state index in [0.29, 0.717) is 24.1 Å². The van der Waals surface area contributed by atoms with Gasteiger partial charge in [0.25, 0.3) is 5.56 Å². The van der Waals surface area contributed by atoms with Gasteiger partial charge in [-0.25, -0.2) is 4.98 Å². The zero-order valence-electron chi connectivity index (χ0n) is 20.7. The molecule has 0 spiro atoms. The van der Waals surface area contributed by atoms with Crippen LogP contribution in [0.3, 0.4) is 0 Å². The largest absolute Gasteiger partial charge is 0.348 e. The Hall–Kier alpha value is -3.26. The molecule has 2 aromatic heterocycles. The lowest BCUT2D eigenvalue weighted by atomic mass is 10.1. The fourth-order valence-electron chi connectivity index (χ4n) is 4.19. The number of aromatic nitrogens is 3. The van der Waals surface area contributed by atoms with Crippen LogP contribution in [0.2, 0.25) is 0 Å². The molecular formula is C26H34N6O2. The van der Waals surface area contributed by atoms with Gasteiger partial charge in [-0.3, -0.25) is 19.1 Å². The number of rotatable bonds is 7. The maximum Gasteiger partial charge on any atom is 0.252 e. The Morgan fingerprint density at radius 2 is 1.74 bits per heavy atom. The second kappa shape index (κ2) is 9.93. The molecule has 1 aliphatic heterocycles. The maximum atomic E-state index is 12.6. The molecule has 1 amide bonds. The van der Waals surface area contributed by atoms with Crippen LogP contribution in [-0.4, -0.2) is 56.9 Å². The lowest BCUT2D eigenvalue weighted by molar-refractivity contribution is -0.134. The molecule has 1 saturated heterocycles.